The molecule has 1 unspecified atom stereocenters. The highest BCUT2D eigenvalue weighted by molar-refractivity contribution is 5.55. The number of anilines is 2. The van der Waals surface area contributed by atoms with Crippen LogP contribution in [-0.4, -0.2) is 52.9 Å². The lowest BCUT2D eigenvalue weighted by Gasteiger charge is -2.36. The zero-order valence-corrected chi connectivity index (χ0v) is 20.4. The molecule has 9 nitrogen and oxygen atoms in total. The number of hydrogen-bond donors (Lipinski definition) is 0. The van der Waals surface area contributed by atoms with E-state index in [-0.39, 0.29) is 11.7 Å². The van der Waals surface area contributed by atoms with Crippen LogP contribution in [0.3, 0.4) is 0 Å². The number of rotatable bonds is 4. The van der Waals surface area contributed by atoms with Crippen LogP contribution in [0.25, 0.3) is 5.65 Å². The number of ether oxygens (including phenoxy) is 2. The maximum absolute atomic E-state index is 12.3. The minimum absolute atomic E-state index is 0.0299. The summed E-state index contributed by atoms with van der Waals surface area (Å²) in [5, 5.41) is 4.65. The summed E-state index contributed by atoms with van der Waals surface area (Å²) < 4.78 is 12.9. The summed E-state index contributed by atoms with van der Waals surface area (Å²) in [7, 11) is 1.68. The first-order valence-electron chi connectivity index (χ1n) is 12.2. The van der Waals surface area contributed by atoms with Gasteiger partial charge in [-0.2, -0.15) is 4.52 Å². The molecule has 0 bridgehead atoms. The number of benzene rings is 1. The van der Waals surface area contributed by atoms with E-state index >= 15 is 0 Å². The minimum atomic E-state index is -0.180. The Bertz CT molecular complexity index is 1490. The number of pyridine rings is 1. The van der Waals surface area contributed by atoms with Gasteiger partial charge in [0, 0.05) is 50.6 Å². The smallest absolute Gasteiger partial charge is 0.274 e. The van der Waals surface area contributed by atoms with Gasteiger partial charge < -0.3 is 19.3 Å². The first-order chi connectivity index (χ1) is 17.6. The first kappa shape index (κ1) is 22.5. The molecule has 36 heavy (non-hydrogen) atoms. The van der Waals surface area contributed by atoms with Crippen LogP contribution in [0.1, 0.15) is 28.5 Å². The number of aromatic nitrogens is 4. The van der Waals surface area contributed by atoms with Crippen molar-refractivity contribution < 1.29 is 9.47 Å². The molecule has 2 aliphatic heterocycles. The Balaban J connectivity index is 1.25. The lowest BCUT2D eigenvalue weighted by molar-refractivity contribution is 0.0396. The highest BCUT2D eigenvalue weighted by Gasteiger charge is 2.26. The monoisotopic (exact) mass is 484 g/mol. The zero-order chi connectivity index (χ0) is 24.6. The van der Waals surface area contributed by atoms with Crippen LogP contribution in [0.2, 0.25) is 0 Å². The van der Waals surface area contributed by atoms with Gasteiger partial charge in [0.2, 0.25) is 0 Å². The van der Waals surface area contributed by atoms with Crippen LogP contribution in [0.4, 0.5) is 11.5 Å². The van der Waals surface area contributed by atoms with Gasteiger partial charge >= 0.3 is 0 Å². The quantitative estimate of drug-likeness (QED) is 0.437. The number of fused-ring (bicyclic) bond motifs is 2. The van der Waals surface area contributed by atoms with Crippen LogP contribution in [0.5, 0.6) is 5.75 Å². The molecule has 0 aliphatic carbocycles. The molecule has 9 heteroatoms. The van der Waals surface area contributed by atoms with Gasteiger partial charge in [0.1, 0.15) is 11.9 Å². The topological polar surface area (TPSA) is 85.1 Å². The van der Waals surface area contributed by atoms with Crippen LogP contribution in [-0.2, 0) is 17.7 Å². The van der Waals surface area contributed by atoms with Crippen LogP contribution >= 0.6 is 0 Å². The van der Waals surface area contributed by atoms with Crippen molar-refractivity contribution >= 4 is 17.2 Å². The highest BCUT2D eigenvalue weighted by atomic mass is 16.5. The van der Waals surface area contributed by atoms with E-state index in [4.69, 9.17) is 14.5 Å². The van der Waals surface area contributed by atoms with E-state index in [0.29, 0.717) is 18.8 Å². The van der Waals surface area contributed by atoms with Gasteiger partial charge in [-0.05, 0) is 47.9 Å². The SMILES string of the molecule is COc1cccc(C2CN(c3cnc4c(c3)CN(c3nn5c(=O)ccnc5cc3C)CC4)CCO2)c1. The van der Waals surface area contributed by atoms with E-state index in [2.05, 4.69) is 32.0 Å². The average molecular weight is 485 g/mol. The molecule has 5 heterocycles. The fourth-order valence-corrected chi connectivity index (χ4v) is 5.05. The summed E-state index contributed by atoms with van der Waals surface area (Å²) >= 11 is 0. The Morgan fingerprint density at radius 2 is 2.00 bits per heavy atom. The number of morpholine rings is 1. The molecule has 0 amide bonds. The summed E-state index contributed by atoms with van der Waals surface area (Å²) in [5.74, 6) is 1.64. The molecular weight excluding hydrogens is 456 g/mol. The van der Waals surface area contributed by atoms with Crippen LogP contribution < -0.4 is 20.1 Å². The van der Waals surface area contributed by atoms with E-state index < -0.39 is 0 Å². The van der Waals surface area contributed by atoms with Crippen LogP contribution in [0, 0.1) is 6.92 Å². The molecule has 1 saturated heterocycles. The van der Waals surface area contributed by atoms with Crippen molar-refractivity contribution in [1.82, 2.24) is 19.6 Å². The van der Waals surface area contributed by atoms with Crippen molar-refractivity contribution in [2.45, 2.75) is 26.0 Å². The van der Waals surface area contributed by atoms with Crippen molar-refractivity contribution in [2.75, 3.05) is 43.2 Å². The molecule has 2 aliphatic rings. The molecular formula is C27H28N6O3. The first-order valence-corrected chi connectivity index (χ1v) is 12.2. The molecule has 184 valence electrons. The number of nitrogens with zero attached hydrogens (tertiary/aromatic N) is 6. The third-order valence-electron chi connectivity index (χ3n) is 6.96. The maximum Gasteiger partial charge on any atom is 0.274 e. The van der Waals surface area contributed by atoms with E-state index in [1.165, 1.54) is 22.3 Å². The van der Waals surface area contributed by atoms with E-state index in [1.807, 2.05) is 37.4 Å². The second kappa shape index (κ2) is 9.23. The minimum Gasteiger partial charge on any atom is -0.497 e. The third kappa shape index (κ3) is 4.15. The second-order valence-corrected chi connectivity index (χ2v) is 9.26. The van der Waals surface area contributed by atoms with Gasteiger partial charge in [0.15, 0.2) is 11.5 Å². The number of methoxy groups -OCH3 is 1. The maximum atomic E-state index is 12.3. The Kier molecular flexibility index (Phi) is 5.77. The Morgan fingerprint density at radius 3 is 2.89 bits per heavy atom. The molecule has 4 aromatic rings. The van der Waals surface area contributed by atoms with Crippen molar-refractivity contribution in [3.8, 4) is 5.75 Å². The molecule has 1 atom stereocenters. The van der Waals surface area contributed by atoms with E-state index in [1.54, 1.807) is 7.11 Å². The molecule has 1 fully saturated rings. The molecule has 3 aromatic heterocycles. The lowest BCUT2D eigenvalue weighted by atomic mass is 10.0. The predicted molar refractivity (Wildman–Crippen MR) is 137 cm³/mol. The van der Waals surface area contributed by atoms with Gasteiger partial charge in [-0.3, -0.25) is 9.78 Å². The molecule has 0 saturated carbocycles. The predicted octanol–water partition coefficient (Wildman–Crippen LogP) is 2.94. The van der Waals surface area contributed by atoms with Gasteiger partial charge in [-0.15, -0.1) is 5.10 Å². The zero-order valence-electron chi connectivity index (χ0n) is 20.4. The average Bonchev–Trinajstić information content (AvgIpc) is 2.92. The number of aryl methyl sites for hydroxylation is 1. The van der Waals surface area contributed by atoms with Gasteiger partial charge in [-0.1, -0.05) is 12.1 Å². The fourth-order valence-electron chi connectivity index (χ4n) is 5.05. The Hall–Kier alpha value is -3.98. The largest absolute Gasteiger partial charge is 0.497 e. The number of hydrogen-bond acceptors (Lipinski definition) is 8. The summed E-state index contributed by atoms with van der Waals surface area (Å²) in [6.45, 7) is 5.70. The third-order valence-corrected chi connectivity index (χ3v) is 6.96. The van der Waals surface area contributed by atoms with Crippen molar-refractivity contribution in [1.29, 1.82) is 0 Å². The van der Waals surface area contributed by atoms with Crippen LogP contribution in [0.15, 0.2) is 59.7 Å². The fraction of sp³-hybridized carbons (Fsp3) is 0.333. The molecule has 1 aromatic carbocycles. The standard InChI is InChI=1S/C27H28N6O3/c1-18-12-25-28-8-6-26(34)33(25)30-27(18)32-9-7-23-20(16-32)13-21(15-29-23)31-10-11-36-24(17-31)19-4-3-5-22(14-19)35-2/h3-6,8,12-15,24H,7,9-11,16-17H2,1-2H3. The second-order valence-electron chi connectivity index (χ2n) is 9.26. The van der Waals surface area contributed by atoms with Gasteiger partial charge in [0.25, 0.3) is 5.56 Å². The lowest BCUT2D eigenvalue weighted by Crippen LogP contribution is -2.39. The van der Waals surface area contributed by atoms with E-state index in [9.17, 15) is 4.79 Å². The summed E-state index contributed by atoms with van der Waals surface area (Å²) in [4.78, 5) is 26.0. The van der Waals surface area contributed by atoms with Crippen molar-refractivity contribution in [3.63, 3.8) is 0 Å². The summed E-state index contributed by atoms with van der Waals surface area (Å²) in [6.07, 6.45) is 4.30. The van der Waals surface area contributed by atoms with Gasteiger partial charge in [0.05, 0.1) is 25.6 Å². The Labute approximate surface area is 208 Å². The van der Waals surface area contributed by atoms with E-state index in [0.717, 1.165) is 60.1 Å². The summed E-state index contributed by atoms with van der Waals surface area (Å²) in [5.41, 5.74) is 5.88. The molecule has 0 radical (unpaired) electrons. The normalized spacial score (nSPS) is 17.8. The highest BCUT2D eigenvalue weighted by Crippen LogP contribution is 2.31. The molecule has 6 rings (SSSR count). The van der Waals surface area contributed by atoms with Crippen molar-refractivity contribution in [2.24, 2.45) is 0 Å². The van der Waals surface area contributed by atoms with Crippen molar-refractivity contribution in [3.05, 3.63) is 87.6 Å². The molecule has 0 spiro atoms. The molecule has 0 N–H and O–H groups in total. The summed E-state index contributed by atoms with van der Waals surface area (Å²) in [6, 6.07) is 13.7. The Morgan fingerprint density at radius 1 is 1.08 bits per heavy atom. The van der Waals surface area contributed by atoms with Gasteiger partial charge in [-0.25, -0.2) is 4.98 Å².